The highest BCUT2D eigenvalue weighted by Crippen LogP contribution is 2.07. The Bertz CT molecular complexity index is 319. The molecule has 3 nitrogen and oxygen atoms in total. The molecule has 0 saturated heterocycles. The van der Waals surface area contributed by atoms with Gasteiger partial charge in [0.2, 0.25) is 0 Å². The minimum atomic E-state index is -0.786. The third kappa shape index (κ3) is 4.13. The van der Waals surface area contributed by atoms with Crippen LogP contribution in [0.4, 0.5) is 0 Å². The summed E-state index contributed by atoms with van der Waals surface area (Å²) in [6.45, 7) is 2.12. The normalized spacial score (nSPS) is 12.4. The molecular weight excluding hydrogens is 190 g/mol. The second-order valence-electron chi connectivity index (χ2n) is 3.78. The van der Waals surface area contributed by atoms with E-state index in [1.165, 1.54) is 5.56 Å². The van der Waals surface area contributed by atoms with E-state index in [1.807, 2.05) is 31.3 Å². The third-order valence-electron chi connectivity index (χ3n) is 2.41. The minimum Gasteiger partial charge on any atom is -0.481 e. The number of likely N-dealkylation sites (N-methyl/N-ethyl adjacent to an activating group) is 1. The summed E-state index contributed by atoms with van der Waals surface area (Å²) in [5.74, 6) is -0.786. The van der Waals surface area contributed by atoms with Gasteiger partial charge in [0.25, 0.3) is 0 Å². The van der Waals surface area contributed by atoms with Crippen LogP contribution in [-0.4, -0.2) is 24.2 Å². The van der Waals surface area contributed by atoms with Gasteiger partial charge in [-0.3, -0.25) is 4.79 Å². The summed E-state index contributed by atoms with van der Waals surface area (Å²) >= 11 is 0. The number of nitrogens with one attached hydrogen (secondary N) is 1. The van der Waals surface area contributed by atoms with E-state index < -0.39 is 5.97 Å². The third-order valence-corrected chi connectivity index (χ3v) is 2.41. The van der Waals surface area contributed by atoms with Crippen LogP contribution in [0.1, 0.15) is 18.1 Å². The molecule has 1 aromatic carbocycles. The van der Waals surface area contributed by atoms with Crippen molar-refractivity contribution >= 4 is 5.97 Å². The molecule has 0 fully saturated rings. The maximum absolute atomic E-state index is 10.5. The SMILES string of the molecule is CNC(C)Cc1ccc(CC(=O)O)cc1. The standard InChI is InChI=1S/C12H17NO2/c1-9(13-2)7-10-3-5-11(6-4-10)8-12(14)15/h3-6,9,13H,7-8H2,1-2H3,(H,14,15). The maximum Gasteiger partial charge on any atom is 0.307 e. The number of aliphatic carboxylic acids is 1. The first-order chi connectivity index (χ1) is 7.11. The second-order valence-corrected chi connectivity index (χ2v) is 3.78. The zero-order valence-corrected chi connectivity index (χ0v) is 9.16. The van der Waals surface area contributed by atoms with Gasteiger partial charge >= 0.3 is 5.97 Å². The molecule has 3 heteroatoms. The van der Waals surface area contributed by atoms with Gasteiger partial charge in [-0.1, -0.05) is 24.3 Å². The number of hydrogen-bond acceptors (Lipinski definition) is 2. The van der Waals surface area contributed by atoms with E-state index in [0.717, 1.165) is 12.0 Å². The van der Waals surface area contributed by atoms with Crippen LogP contribution in [0.3, 0.4) is 0 Å². The predicted molar refractivity (Wildman–Crippen MR) is 60.0 cm³/mol. The van der Waals surface area contributed by atoms with Crippen LogP contribution in [-0.2, 0) is 17.6 Å². The lowest BCUT2D eigenvalue weighted by atomic mass is 10.0. The molecule has 0 aliphatic carbocycles. The van der Waals surface area contributed by atoms with E-state index in [4.69, 9.17) is 5.11 Å². The summed E-state index contributed by atoms with van der Waals surface area (Å²) in [6.07, 6.45) is 1.06. The number of rotatable bonds is 5. The molecular formula is C12H17NO2. The Morgan fingerprint density at radius 2 is 1.87 bits per heavy atom. The summed E-state index contributed by atoms with van der Waals surface area (Å²) in [5.41, 5.74) is 2.08. The van der Waals surface area contributed by atoms with Crippen molar-refractivity contribution in [3.63, 3.8) is 0 Å². The average molecular weight is 207 g/mol. The Hall–Kier alpha value is -1.35. The molecule has 82 valence electrons. The molecule has 0 aliphatic heterocycles. The molecule has 15 heavy (non-hydrogen) atoms. The summed E-state index contributed by atoms with van der Waals surface area (Å²) < 4.78 is 0. The molecule has 0 aliphatic rings. The quantitative estimate of drug-likeness (QED) is 0.768. The van der Waals surface area contributed by atoms with Crippen molar-refractivity contribution < 1.29 is 9.90 Å². The first kappa shape index (κ1) is 11.7. The molecule has 0 radical (unpaired) electrons. The van der Waals surface area contributed by atoms with Crippen molar-refractivity contribution in [2.24, 2.45) is 0 Å². The molecule has 1 aromatic rings. The maximum atomic E-state index is 10.5. The minimum absolute atomic E-state index is 0.0991. The number of carboxylic acid groups (broad SMARTS) is 1. The van der Waals surface area contributed by atoms with Crippen LogP contribution in [0.2, 0.25) is 0 Å². The molecule has 0 amide bonds. The van der Waals surface area contributed by atoms with Crippen LogP contribution < -0.4 is 5.32 Å². The fraction of sp³-hybridized carbons (Fsp3) is 0.417. The summed E-state index contributed by atoms with van der Waals surface area (Å²) in [6, 6.07) is 8.19. The van der Waals surface area contributed by atoms with Gasteiger partial charge in [-0.05, 0) is 31.5 Å². The number of carboxylic acids is 1. The van der Waals surface area contributed by atoms with Gasteiger partial charge < -0.3 is 10.4 Å². The van der Waals surface area contributed by atoms with Gasteiger partial charge in [-0.2, -0.15) is 0 Å². The Morgan fingerprint density at radius 1 is 1.33 bits per heavy atom. The highest BCUT2D eigenvalue weighted by Gasteiger charge is 2.02. The van der Waals surface area contributed by atoms with E-state index in [0.29, 0.717) is 6.04 Å². The van der Waals surface area contributed by atoms with Crippen LogP contribution in [0.25, 0.3) is 0 Å². The molecule has 1 unspecified atom stereocenters. The molecule has 0 bridgehead atoms. The highest BCUT2D eigenvalue weighted by atomic mass is 16.4. The molecule has 2 N–H and O–H groups in total. The predicted octanol–water partition coefficient (Wildman–Crippen LogP) is 1.46. The van der Waals surface area contributed by atoms with Gasteiger partial charge in [-0.15, -0.1) is 0 Å². The molecule has 1 rings (SSSR count). The number of benzene rings is 1. The van der Waals surface area contributed by atoms with Crippen LogP contribution in [0.15, 0.2) is 24.3 Å². The van der Waals surface area contributed by atoms with E-state index >= 15 is 0 Å². The van der Waals surface area contributed by atoms with Crippen LogP contribution in [0.5, 0.6) is 0 Å². The average Bonchev–Trinajstić information content (AvgIpc) is 2.20. The lowest BCUT2D eigenvalue weighted by Gasteiger charge is -2.09. The Morgan fingerprint density at radius 3 is 2.33 bits per heavy atom. The summed E-state index contributed by atoms with van der Waals surface area (Å²) in [7, 11) is 1.93. The smallest absolute Gasteiger partial charge is 0.307 e. The summed E-state index contributed by atoms with van der Waals surface area (Å²) in [5, 5.41) is 11.8. The van der Waals surface area contributed by atoms with Crippen molar-refractivity contribution in [2.75, 3.05) is 7.05 Å². The van der Waals surface area contributed by atoms with Gasteiger partial charge in [0.05, 0.1) is 6.42 Å². The largest absolute Gasteiger partial charge is 0.481 e. The molecule has 0 spiro atoms. The fourth-order valence-electron chi connectivity index (χ4n) is 1.42. The van der Waals surface area contributed by atoms with Gasteiger partial charge in [0.15, 0.2) is 0 Å². The fourth-order valence-corrected chi connectivity index (χ4v) is 1.42. The zero-order valence-electron chi connectivity index (χ0n) is 9.16. The Balaban J connectivity index is 2.60. The second kappa shape index (κ2) is 5.51. The lowest BCUT2D eigenvalue weighted by Crippen LogP contribution is -2.23. The van der Waals surface area contributed by atoms with Crippen molar-refractivity contribution in [3.05, 3.63) is 35.4 Å². The van der Waals surface area contributed by atoms with Gasteiger partial charge in [0.1, 0.15) is 0 Å². The topological polar surface area (TPSA) is 49.3 Å². The Labute approximate surface area is 90.1 Å². The van der Waals surface area contributed by atoms with Crippen LogP contribution in [0, 0.1) is 0 Å². The van der Waals surface area contributed by atoms with E-state index in [2.05, 4.69) is 12.2 Å². The summed E-state index contributed by atoms with van der Waals surface area (Å²) in [4.78, 5) is 10.5. The van der Waals surface area contributed by atoms with E-state index in [-0.39, 0.29) is 6.42 Å². The lowest BCUT2D eigenvalue weighted by molar-refractivity contribution is -0.136. The first-order valence-electron chi connectivity index (χ1n) is 5.08. The van der Waals surface area contributed by atoms with E-state index in [9.17, 15) is 4.79 Å². The van der Waals surface area contributed by atoms with Crippen molar-refractivity contribution in [1.82, 2.24) is 5.32 Å². The van der Waals surface area contributed by atoms with Gasteiger partial charge in [0, 0.05) is 6.04 Å². The molecule has 0 heterocycles. The molecule has 0 aromatic heterocycles. The molecule has 1 atom stereocenters. The number of hydrogen-bond donors (Lipinski definition) is 2. The number of carbonyl (C=O) groups is 1. The highest BCUT2D eigenvalue weighted by molar-refractivity contribution is 5.70. The zero-order chi connectivity index (χ0) is 11.3. The Kier molecular flexibility index (Phi) is 4.31. The van der Waals surface area contributed by atoms with Crippen molar-refractivity contribution in [3.8, 4) is 0 Å². The monoisotopic (exact) mass is 207 g/mol. The van der Waals surface area contributed by atoms with Crippen molar-refractivity contribution in [2.45, 2.75) is 25.8 Å². The van der Waals surface area contributed by atoms with Gasteiger partial charge in [-0.25, -0.2) is 0 Å². The van der Waals surface area contributed by atoms with Crippen molar-refractivity contribution in [1.29, 1.82) is 0 Å². The first-order valence-corrected chi connectivity index (χ1v) is 5.08. The van der Waals surface area contributed by atoms with E-state index in [1.54, 1.807) is 0 Å². The van der Waals surface area contributed by atoms with Crippen LogP contribution >= 0.6 is 0 Å². The molecule has 0 saturated carbocycles.